The lowest BCUT2D eigenvalue weighted by atomic mass is 10.1. The molecule has 2 aromatic heterocycles. The van der Waals surface area contributed by atoms with Crippen LogP contribution < -0.4 is 9.47 Å². The second kappa shape index (κ2) is 8.75. The number of benzene rings is 1. The summed E-state index contributed by atoms with van der Waals surface area (Å²) in [5.74, 6) is -0.360. The second-order valence-corrected chi connectivity index (χ2v) is 6.46. The molecule has 6 nitrogen and oxygen atoms in total. The first-order valence-corrected chi connectivity index (χ1v) is 9.00. The molecule has 0 spiro atoms. The summed E-state index contributed by atoms with van der Waals surface area (Å²) in [7, 11) is 1.44. The fraction of sp³-hybridized carbons (Fsp3) is 0.0476. The average Bonchev–Trinajstić information content (AvgIpc) is 3.28. The van der Waals surface area contributed by atoms with Gasteiger partial charge in [0.05, 0.1) is 17.6 Å². The molecule has 1 aromatic carbocycles. The molecule has 0 N–H and O–H groups in total. The zero-order chi connectivity index (χ0) is 19.9. The van der Waals surface area contributed by atoms with Gasteiger partial charge in [-0.25, -0.2) is 4.79 Å². The van der Waals surface area contributed by atoms with Crippen LogP contribution in [0, 0.1) is 11.3 Å². The van der Waals surface area contributed by atoms with Gasteiger partial charge in [0.2, 0.25) is 5.78 Å². The summed E-state index contributed by atoms with van der Waals surface area (Å²) in [5.41, 5.74) is 0.933. The molecule has 3 rings (SSSR count). The van der Waals surface area contributed by atoms with Gasteiger partial charge in [-0.2, -0.15) is 5.26 Å². The van der Waals surface area contributed by atoms with Gasteiger partial charge in [-0.15, -0.1) is 11.3 Å². The summed E-state index contributed by atoms with van der Waals surface area (Å²) in [4.78, 5) is 28.9. The predicted molar refractivity (Wildman–Crippen MR) is 104 cm³/mol. The standard InChI is InChI=1S/C21H14N2O4S/c1-26-18-12-14(11-16(13-22)20(24)19-3-2-10-28-19)4-5-17(18)27-21(25)15-6-8-23-9-7-15/h2-12H,1H3/b16-11+. The van der Waals surface area contributed by atoms with Crippen LogP contribution in [-0.2, 0) is 0 Å². The Hall–Kier alpha value is -3.76. The normalized spacial score (nSPS) is 10.8. The molecule has 0 atom stereocenters. The number of pyridine rings is 1. The zero-order valence-corrected chi connectivity index (χ0v) is 15.6. The molecule has 0 bridgehead atoms. The van der Waals surface area contributed by atoms with Crippen LogP contribution in [0.1, 0.15) is 25.6 Å². The van der Waals surface area contributed by atoms with Crippen molar-refractivity contribution >= 4 is 29.2 Å². The molecule has 0 saturated heterocycles. The minimum Gasteiger partial charge on any atom is -0.493 e. The Balaban J connectivity index is 1.85. The number of aromatic nitrogens is 1. The summed E-state index contributed by atoms with van der Waals surface area (Å²) < 4.78 is 10.7. The Kier molecular flexibility index (Phi) is 5.94. The molecule has 3 aromatic rings. The first kappa shape index (κ1) is 19.0. The van der Waals surface area contributed by atoms with Gasteiger partial charge in [-0.05, 0) is 47.4 Å². The smallest absolute Gasteiger partial charge is 0.343 e. The van der Waals surface area contributed by atoms with E-state index in [2.05, 4.69) is 4.98 Å². The number of methoxy groups -OCH3 is 1. The molecule has 0 aliphatic heterocycles. The number of allylic oxidation sites excluding steroid dienone is 1. The van der Waals surface area contributed by atoms with Crippen LogP contribution in [0.3, 0.4) is 0 Å². The predicted octanol–water partition coefficient (Wildman–Crippen LogP) is 4.16. The number of esters is 1. The summed E-state index contributed by atoms with van der Waals surface area (Å²) in [6.45, 7) is 0. The maximum atomic E-state index is 12.4. The van der Waals surface area contributed by atoms with E-state index in [0.717, 1.165) is 0 Å². The van der Waals surface area contributed by atoms with Crippen molar-refractivity contribution < 1.29 is 19.1 Å². The van der Waals surface area contributed by atoms with Gasteiger partial charge in [0.25, 0.3) is 0 Å². The van der Waals surface area contributed by atoms with Crippen LogP contribution in [0.15, 0.2) is 65.8 Å². The molecule has 0 amide bonds. The largest absolute Gasteiger partial charge is 0.493 e. The van der Waals surface area contributed by atoms with Gasteiger partial charge < -0.3 is 9.47 Å². The molecular formula is C21H14N2O4S. The molecule has 0 unspecified atom stereocenters. The van der Waals surface area contributed by atoms with Crippen LogP contribution >= 0.6 is 11.3 Å². The molecule has 28 heavy (non-hydrogen) atoms. The lowest BCUT2D eigenvalue weighted by molar-refractivity contribution is 0.0729. The van der Waals surface area contributed by atoms with E-state index >= 15 is 0 Å². The number of Topliss-reactive ketones (excluding diaryl/α,β-unsaturated/α-hetero) is 1. The van der Waals surface area contributed by atoms with Crippen molar-refractivity contribution in [1.29, 1.82) is 5.26 Å². The van der Waals surface area contributed by atoms with E-state index in [-0.39, 0.29) is 17.1 Å². The van der Waals surface area contributed by atoms with Crippen molar-refractivity contribution in [3.8, 4) is 17.6 Å². The third kappa shape index (κ3) is 4.31. The van der Waals surface area contributed by atoms with E-state index in [1.165, 1.54) is 36.9 Å². The minimum absolute atomic E-state index is 0.00559. The molecule has 0 aliphatic carbocycles. The van der Waals surface area contributed by atoms with Gasteiger partial charge in [-0.3, -0.25) is 9.78 Å². The quantitative estimate of drug-likeness (QED) is 0.206. The van der Waals surface area contributed by atoms with E-state index in [1.807, 2.05) is 6.07 Å². The fourth-order valence-corrected chi connectivity index (χ4v) is 3.04. The number of nitrogens with zero attached hydrogens (tertiary/aromatic N) is 2. The van der Waals surface area contributed by atoms with Crippen molar-refractivity contribution in [3.63, 3.8) is 0 Å². The number of nitriles is 1. The van der Waals surface area contributed by atoms with E-state index < -0.39 is 5.97 Å². The molecular weight excluding hydrogens is 376 g/mol. The highest BCUT2D eigenvalue weighted by Crippen LogP contribution is 2.30. The van der Waals surface area contributed by atoms with Crippen LogP contribution in [-0.4, -0.2) is 23.8 Å². The van der Waals surface area contributed by atoms with E-state index in [9.17, 15) is 14.9 Å². The fourth-order valence-electron chi connectivity index (χ4n) is 2.36. The highest BCUT2D eigenvalue weighted by atomic mass is 32.1. The van der Waals surface area contributed by atoms with Crippen LogP contribution in [0.4, 0.5) is 0 Å². The molecule has 0 saturated carbocycles. The summed E-state index contributed by atoms with van der Waals surface area (Å²) >= 11 is 1.27. The first-order chi connectivity index (χ1) is 13.6. The average molecular weight is 390 g/mol. The number of carbonyl (C=O) groups is 2. The summed E-state index contributed by atoms with van der Waals surface area (Å²) in [6, 6.07) is 13.2. The maximum Gasteiger partial charge on any atom is 0.343 e. The number of ketones is 1. The Morgan fingerprint density at radius 2 is 1.93 bits per heavy atom. The van der Waals surface area contributed by atoms with Gasteiger partial charge in [0.1, 0.15) is 11.6 Å². The number of ether oxygens (including phenoxy) is 2. The third-order valence-corrected chi connectivity index (χ3v) is 4.60. The van der Waals surface area contributed by atoms with Crippen molar-refractivity contribution in [2.75, 3.05) is 7.11 Å². The zero-order valence-electron chi connectivity index (χ0n) is 14.8. The number of thiophene rings is 1. The van der Waals surface area contributed by atoms with Gasteiger partial charge in [0.15, 0.2) is 11.5 Å². The topological polar surface area (TPSA) is 89.3 Å². The van der Waals surface area contributed by atoms with Crippen molar-refractivity contribution in [3.05, 3.63) is 81.8 Å². The first-order valence-electron chi connectivity index (χ1n) is 8.12. The van der Waals surface area contributed by atoms with Crippen LogP contribution in [0.2, 0.25) is 0 Å². The SMILES string of the molecule is COc1cc(/C=C(\C#N)C(=O)c2cccs2)ccc1OC(=O)c1ccncc1. The molecule has 2 heterocycles. The number of carbonyl (C=O) groups excluding carboxylic acids is 2. The Morgan fingerprint density at radius 1 is 1.14 bits per heavy atom. The molecule has 0 aliphatic rings. The molecule has 138 valence electrons. The lowest BCUT2D eigenvalue weighted by Gasteiger charge is -2.10. The van der Waals surface area contributed by atoms with Crippen molar-refractivity contribution in [1.82, 2.24) is 4.98 Å². The highest BCUT2D eigenvalue weighted by molar-refractivity contribution is 7.12. The Labute approximate surface area is 165 Å². The van der Waals surface area contributed by atoms with Gasteiger partial charge in [0, 0.05) is 12.4 Å². The Morgan fingerprint density at radius 3 is 2.57 bits per heavy atom. The van der Waals surface area contributed by atoms with Crippen LogP contribution in [0.5, 0.6) is 11.5 Å². The number of hydrogen-bond acceptors (Lipinski definition) is 7. The number of hydrogen-bond donors (Lipinski definition) is 0. The summed E-state index contributed by atoms with van der Waals surface area (Å²) in [5, 5.41) is 11.1. The van der Waals surface area contributed by atoms with E-state index in [0.29, 0.717) is 21.8 Å². The van der Waals surface area contributed by atoms with Gasteiger partial charge >= 0.3 is 5.97 Å². The van der Waals surface area contributed by atoms with E-state index in [4.69, 9.17) is 9.47 Å². The number of rotatable bonds is 6. The van der Waals surface area contributed by atoms with Crippen LogP contribution in [0.25, 0.3) is 6.08 Å². The second-order valence-electron chi connectivity index (χ2n) is 5.51. The monoisotopic (exact) mass is 390 g/mol. The maximum absolute atomic E-state index is 12.4. The van der Waals surface area contributed by atoms with Gasteiger partial charge in [-0.1, -0.05) is 12.1 Å². The van der Waals surface area contributed by atoms with E-state index in [1.54, 1.807) is 47.8 Å². The van der Waals surface area contributed by atoms with Crippen molar-refractivity contribution in [2.45, 2.75) is 0 Å². The van der Waals surface area contributed by atoms with Crippen molar-refractivity contribution in [2.24, 2.45) is 0 Å². The molecule has 7 heteroatoms. The highest BCUT2D eigenvalue weighted by Gasteiger charge is 2.15. The molecule has 0 fully saturated rings. The Bertz CT molecular complexity index is 1070. The minimum atomic E-state index is -0.547. The lowest BCUT2D eigenvalue weighted by Crippen LogP contribution is -2.09. The third-order valence-electron chi connectivity index (χ3n) is 3.73. The molecule has 0 radical (unpaired) electrons. The summed E-state index contributed by atoms with van der Waals surface area (Å²) in [6.07, 6.45) is 4.46.